The van der Waals surface area contributed by atoms with Crippen LogP contribution in [0.4, 0.5) is 11.5 Å². The maximum atomic E-state index is 11.1. The number of hydrogen-bond acceptors (Lipinski definition) is 5. The van der Waals surface area contributed by atoms with Crippen molar-refractivity contribution in [3.8, 4) is 0 Å². The maximum absolute atomic E-state index is 11.1. The first-order chi connectivity index (χ1) is 8.46. The zero-order valence-electron chi connectivity index (χ0n) is 9.89. The monoisotopic (exact) mass is 335 g/mol. The number of pyridine rings is 1. The number of morpholine rings is 1. The number of aromatic nitrogens is 1. The molecule has 18 heavy (non-hydrogen) atoms. The predicted octanol–water partition coefficient (Wildman–Crippen LogP) is 1.05. The molecular weight excluding hydrogens is 322 g/mol. The number of nitrogens with one attached hydrogen (secondary N) is 1. The van der Waals surface area contributed by atoms with Crippen molar-refractivity contribution in [3.63, 3.8) is 0 Å². The molecule has 1 aliphatic heterocycles. The van der Waals surface area contributed by atoms with Gasteiger partial charge in [-0.1, -0.05) is 0 Å². The van der Waals surface area contributed by atoms with Crippen LogP contribution in [0.2, 0.25) is 0 Å². The van der Waals surface area contributed by atoms with Gasteiger partial charge in [0.1, 0.15) is 5.82 Å². The second kappa shape index (κ2) is 5.41. The van der Waals surface area contributed by atoms with Gasteiger partial charge in [-0.05, 0) is 22.0 Å². The molecule has 0 radical (unpaired) electrons. The number of nitrogens with zero attached hydrogens (tertiary/aromatic N) is 2. The van der Waals surface area contributed by atoms with Crippen molar-refractivity contribution in [2.75, 3.05) is 42.2 Å². The molecule has 1 aromatic rings. The van der Waals surface area contributed by atoms with E-state index in [-0.39, 0.29) is 0 Å². The fraction of sp³-hybridized carbons (Fsp3) is 0.500. The van der Waals surface area contributed by atoms with Gasteiger partial charge in [-0.25, -0.2) is 13.4 Å². The second-order valence-corrected chi connectivity index (χ2v) is 6.61. The average Bonchev–Trinajstić information content (AvgIpc) is 2.28. The lowest BCUT2D eigenvalue weighted by atomic mass is 10.3. The van der Waals surface area contributed by atoms with E-state index in [4.69, 9.17) is 4.74 Å². The van der Waals surface area contributed by atoms with Crippen LogP contribution in [0.15, 0.2) is 16.7 Å². The van der Waals surface area contributed by atoms with E-state index in [0.29, 0.717) is 18.9 Å². The average molecular weight is 336 g/mol. The first kappa shape index (κ1) is 13.6. The molecule has 2 rings (SSSR count). The number of halogens is 1. The van der Waals surface area contributed by atoms with Crippen LogP contribution in [-0.2, 0) is 14.8 Å². The van der Waals surface area contributed by atoms with Gasteiger partial charge < -0.3 is 9.64 Å². The summed E-state index contributed by atoms with van der Waals surface area (Å²) in [5, 5.41) is 0. The van der Waals surface area contributed by atoms with Crippen molar-refractivity contribution in [2.24, 2.45) is 0 Å². The highest BCUT2D eigenvalue weighted by molar-refractivity contribution is 9.10. The third-order valence-electron chi connectivity index (χ3n) is 2.44. The summed E-state index contributed by atoms with van der Waals surface area (Å²) in [6.07, 6.45) is 2.62. The molecule has 100 valence electrons. The Bertz CT molecular complexity index is 529. The quantitative estimate of drug-likeness (QED) is 0.893. The fourth-order valence-electron chi connectivity index (χ4n) is 1.71. The summed E-state index contributed by atoms with van der Waals surface area (Å²) in [6.45, 7) is 2.92. The van der Waals surface area contributed by atoms with Gasteiger partial charge in [-0.15, -0.1) is 0 Å². The molecule has 1 aromatic heterocycles. The van der Waals surface area contributed by atoms with Crippen molar-refractivity contribution >= 4 is 37.5 Å². The van der Waals surface area contributed by atoms with Gasteiger partial charge in [0.2, 0.25) is 10.0 Å². The van der Waals surface area contributed by atoms with E-state index in [2.05, 4.69) is 30.5 Å². The highest BCUT2D eigenvalue weighted by Gasteiger charge is 2.16. The van der Waals surface area contributed by atoms with Gasteiger partial charge in [0.15, 0.2) is 0 Å². The molecule has 0 unspecified atom stereocenters. The summed E-state index contributed by atoms with van der Waals surface area (Å²) in [7, 11) is -3.28. The lowest BCUT2D eigenvalue weighted by molar-refractivity contribution is 0.122. The summed E-state index contributed by atoms with van der Waals surface area (Å²) >= 11 is 3.41. The molecule has 0 aliphatic carbocycles. The number of anilines is 2. The normalized spacial score (nSPS) is 16.7. The van der Waals surface area contributed by atoms with E-state index in [0.717, 1.165) is 29.6 Å². The molecule has 0 saturated carbocycles. The molecule has 0 spiro atoms. The number of hydrogen-bond donors (Lipinski definition) is 1. The summed E-state index contributed by atoms with van der Waals surface area (Å²) in [5.41, 5.74) is 0.446. The van der Waals surface area contributed by atoms with Crippen LogP contribution in [0, 0.1) is 0 Å². The highest BCUT2D eigenvalue weighted by Crippen LogP contribution is 2.27. The first-order valence-corrected chi connectivity index (χ1v) is 8.10. The second-order valence-electron chi connectivity index (χ2n) is 4.00. The number of ether oxygens (including phenoxy) is 1. The molecular formula is C10H14BrN3O3S. The number of sulfonamides is 1. The Balaban J connectivity index is 2.19. The van der Waals surface area contributed by atoms with Crippen molar-refractivity contribution in [1.82, 2.24) is 4.98 Å². The minimum atomic E-state index is -3.28. The molecule has 1 fully saturated rings. The summed E-state index contributed by atoms with van der Waals surface area (Å²) in [4.78, 5) is 6.38. The third-order valence-corrected chi connectivity index (χ3v) is 3.63. The van der Waals surface area contributed by atoms with Crippen LogP contribution in [0.3, 0.4) is 0 Å². The van der Waals surface area contributed by atoms with Gasteiger partial charge in [0.25, 0.3) is 0 Å². The van der Waals surface area contributed by atoms with Crippen LogP contribution >= 0.6 is 15.9 Å². The van der Waals surface area contributed by atoms with Gasteiger partial charge in [-0.2, -0.15) is 0 Å². The van der Waals surface area contributed by atoms with E-state index in [9.17, 15) is 8.42 Å². The minimum absolute atomic E-state index is 0.446. The molecule has 2 heterocycles. The molecule has 1 aliphatic rings. The van der Waals surface area contributed by atoms with Crippen LogP contribution in [0.25, 0.3) is 0 Å². The topological polar surface area (TPSA) is 71.5 Å². The van der Waals surface area contributed by atoms with E-state index in [1.807, 2.05) is 0 Å². The zero-order chi connectivity index (χ0) is 13.2. The van der Waals surface area contributed by atoms with Crippen LogP contribution in [-0.4, -0.2) is 46.0 Å². The van der Waals surface area contributed by atoms with Crippen molar-refractivity contribution in [3.05, 3.63) is 16.7 Å². The van der Waals surface area contributed by atoms with Crippen LogP contribution in [0.1, 0.15) is 0 Å². The molecule has 0 bridgehead atoms. The van der Waals surface area contributed by atoms with Crippen molar-refractivity contribution < 1.29 is 13.2 Å². The van der Waals surface area contributed by atoms with Crippen LogP contribution < -0.4 is 9.62 Å². The van der Waals surface area contributed by atoms with Gasteiger partial charge in [-0.3, -0.25) is 4.72 Å². The lowest BCUT2D eigenvalue weighted by Gasteiger charge is -2.28. The molecule has 0 amide bonds. The Labute approximate surface area is 115 Å². The summed E-state index contributed by atoms with van der Waals surface area (Å²) < 4.78 is 30.7. The first-order valence-electron chi connectivity index (χ1n) is 5.42. The van der Waals surface area contributed by atoms with E-state index >= 15 is 0 Å². The fourth-order valence-corrected chi connectivity index (χ4v) is 2.85. The van der Waals surface area contributed by atoms with Crippen molar-refractivity contribution in [1.29, 1.82) is 0 Å². The number of rotatable bonds is 3. The van der Waals surface area contributed by atoms with Gasteiger partial charge in [0, 0.05) is 13.1 Å². The zero-order valence-corrected chi connectivity index (χ0v) is 12.3. The summed E-state index contributed by atoms with van der Waals surface area (Å²) in [5.74, 6) is 0.803. The molecule has 6 nitrogen and oxygen atoms in total. The Morgan fingerprint density at radius 2 is 2.11 bits per heavy atom. The van der Waals surface area contributed by atoms with E-state index < -0.39 is 10.0 Å². The maximum Gasteiger partial charge on any atom is 0.229 e. The molecule has 1 saturated heterocycles. The molecule has 0 aromatic carbocycles. The lowest BCUT2D eigenvalue weighted by Crippen LogP contribution is -2.37. The molecule has 0 atom stereocenters. The third kappa shape index (κ3) is 3.56. The molecule has 1 N–H and O–H groups in total. The Morgan fingerprint density at radius 3 is 2.67 bits per heavy atom. The van der Waals surface area contributed by atoms with Crippen LogP contribution in [0.5, 0.6) is 0 Å². The Hall–Kier alpha value is -0.860. The molecule has 8 heteroatoms. The Kier molecular flexibility index (Phi) is 4.08. The highest BCUT2D eigenvalue weighted by atomic mass is 79.9. The smallest absolute Gasteiger partial charge is 0.229 e. The van der Waals surface area contributed by atoms with E-state index in [1.54, 1.807) is 6.07 Å². The minimum Gasteiger partial charge on any atom is -0.378 e. The SMILES string of the molecule is CS(=O)(=O)Nc1cnc(N2CCOCC2)c(Br)c1. The van der Waals surface area contributed by atoms with Gasteiger partial charge >= 0.3 is 0 Å². The Morgan fingerprint density at radius 1 is 1.44 bits per heavy atom. The largest absolute Gasteiger partial charge is 0.378 e. The van der Waals surface area contributed by atoms with E-state index in [1.165, 1.54) is 6.20 Å². The summed E-state index contributed by atoms with van der Waals surface area (Å²) in [6, 6.07) is 1.71. The van der Waals surface area contributed by atoms with Crippen molar-refractivity contribution in [2.45, 2.75) is 0 Å². The predicted molar refractivity (Wildman–Crippen MR) is 73.4 cm³/mol. The standard InChI is InChI=1S/C10H14BrN3O3S/c1-18(15,16)13-8-6-9(11)10(12-7-8)14-2-4-17-5-3-14/h6-7,13H,2-5H2,1H3. The van der Waals surface area contributed by atoms with Gasteiger partial charge in [0.05, 0.1) is 35.8 Å².